The number of aryl methyl sites for hydroxylation is 2. The Balaban J connectivity index is 1.18. The minimum Gasteiger partial charge on any atom is -0.318 e. The SMILES string of the molecule is Cc1cc(Cn2cc(NC(=O)c3nc(-c4c(C(F)F)ccc(Cl)c4F)cnc3C)cn2)cnc1N1C[C@H]2C[C@H]2C1=O. The summed E-state index contributed by atoms with van der Waals surface area (Å²) in [6, 6.07) is 4.00. The topological polar surface area (TPSA) is 106 Å². The minimum absolute atomic E-state index is 0.142. The molecule has 1 saturated carbocycles. The van der Waals surface area contributed by atoms with Crippen molar-refractivity contribution >= 4 is 34.9 Å². The molecule has 1 aliphatic heterocycles. The molecule has 2 fully saturated rings. The maximum Gasteiger partial charge on any atom is 0.276 e. The molecule has 1 aliphatic carbocycles. The van der Waals surface area contributed by atoms with Crippen LogP contribution in [-0.2, 0) is 11.3 Å². The smallest absolute Gasteiger partial charge is 0.276 e. The fourth-order valence-electron chi connectivity index (χ4n) is 5.15. The van der Waals surface area contributed by atoms with E-state index in [1.165, 1.54) is 13.1 Å². The van der Waals surface area contributed by atoms with Crippen LogP contribution in [0.2, 0.25) is 5.02 Å². The van der Waals surface area contributed by atoms with E-state index < -0.39 is 29.3 Å². The lowest BCUT2D eigenvalue weighted by molar-refractivity contribution is -0.118. The zero-order chi connectivity index (χ0) is 29.0. The Morgan fingerprint density at radius 1 is 1.20 bits per heavy atom. The van der Waals surface area contributed by atoms with Crippen LogP contribution in [0.4, 0.5) is 24.7 Å². The first-order valence-corrected chi connectivity index (χ1v) is 13.2. The summed E-state index contributed by atoms with van der Waals surface area (Å²) in [5.41, 5.74) is 0.781. The van der Waals surface area contributed by atoms with Crippen molar-refractivity contribution in [3.8, 4) is 11.3 Å². The van der Waals surface area contributed by atoms with E-state index in [1.807, 2.05) is 13.0 Å². The van der Waals surface area contributed by atoms with E-state index in [-0.39, 0.29) is 33.9 Å². The molecule has 13 heteroatoms. The first kappa shape index (κ1) is 26.9. The summed E-state index contributed by atoms with van der Waals surface area (Å²) < 4.78 is 43.5. The van der Waals surface area contributed by atoms with Crippen LogP contribution in [0.5, 0.6) is 0 Å². The van der Waals surface area contributed by atoms with Crippen molar-refractivity contribution in [2.45, 2.75) is 33.2 Å². The normalized spacial score (nSPS) is 17.7. The Bertz CT molecular complexity index is 1710. The molecule has 210 valence electrons. The molecule has 4 heterocycles. The summed E-state index contributed by atoms with van der Waals surface area (Å²) in [5.74, 6) is -0.325. The molecule has 4 aromatic rings. The molecule has 3 aromatic heterocycles. The Hall–Kier alpha value is -4.32. The fraction of sp³-hybridized carbons (Fsp3) is 0.286. The molecule has 41 heavy (non-hydrogen) atoms. The number of aromatic nitrogens is 5. The van der Waals surface area contributed by atoms with Gasteiger partial charge in [-0.15, -0.1) is 0 Å². The lowest BCUT2D eigenvalue weighted by Gasteiger charge is -2.19. The summed E-state index contributed by atoms with van der Waals surface area (Å²) in [6.45, 7) is 4.51. The largest absolute Gasteiger partial charge is 0.318 e. The van der Waals surface area contributed by atoms with Crippen LogP contribution in [0.25, 0.3) is 11.3 Å². The average Bonchev–Trinajstić information content (AvgIpc) is 3.46. The molecule has 1 aromatic carbocycles. The Kier molecular flexibility index (Phi) is 6.72. The molecule has 9 nitrogen and oxygen atoms in total. The molecule has 6 rings (SSSR count). The van der Waals surface area contributed by atoms with Crippen molar-refractivity contribution in [1.82, 2.24) is 24.7 Å². The number of halogens is 4. The number of rotatable bonds is 7. The second-order valence-corrected chi connectivity index (χ2v) is 10.6. The van der Waals surface area contributed by atoms with E-state index in [0.29, 0.717) is 30.5 Å². The van der Waals surface area contributed by atoms with E-state index in [9.17, 15) is 22.8 Å². The zero-order valence-corrected chi connectivity index (χ0v) is 22.7. The van der Waals surface area contributed by atoms with Crippen LogP contribution in [0.15, 0.2) is 43.0 Å². The third-order valence-corrected chi connectivity index (χ3v) is 7.60. The maximum absolute atomic E-state index is 14.8. The second-order valence-electron chi connectivity index (χ2n) is 10.2. The van der Waals surface area contributed by atoms with Gasteiger partial charge in [-0.05, 0) is 49.4 Å². The quantitative estimate of drug-likeness (QED) is 0.315. The van der Waals surface area contributed by atoms with Gasteiger partial charge < -0.3 is 5.32 Å². The molecule has 0 spiro atoms. The number of hydrogen-bond donors (Lipinski definition) is 1. The third-order valence-electron chi connectivity index (χ3n) is 7.31. The van der Waals surface area contributed by atoms with Crippen molar-refractivity contribution < 1.29 is 22.8 Å². The summed E-state index contributed by atoms with van der Waals surface area (Å²) in [5, 5.41) is 6.59. The number of pyridine rings is 1. The summed E-state index contributed by atoms with van der Waals surface area (Å²) in [6.07, 6.45) is 3.85. The predicted molar refractivity (Wildman–Crippen MR) is 144 cm³/mol. The highest BCUT2D eigenvalue weighted by Crippen LogP contribution is 2.47. The van der Waals surface area contributed by atoms with E-state index >= 15 is 0 Å². The Labute approximate surface area is 237 Å². The Morgan fingerprint density at radius 2 is 2.00 bits per heavy atom. The number of nitrogens with zero attached hydrogens (tertiary/aromatic N) is 6. The highest BCUT2D eigenvalue weighted by atomic mass is 35.5. The standard InChI is InChI=1S/C28H23ClF3N7O2/c1-13-5-15(7-34-26(13)39-11-16-6-19(16)28(39)41)10-38-12-17(8-35-38)36-27(40)24-14(2)33-9-21(37-24)22-18(25(31)32)3-4-20(29)23(22)30/h3-5,7-9,12,16,19,25H,6,10-11H2,1-2H3,(H,36,40)/t16-,19-/m1/s1. The van der Waals surface area contributed by atoms with Crippen LogP contribution in [0, 0.1) is 31.5 Å². The lowest BCUT2D eigenvalue weighted by Crippen LogP contribution is -2.29. The highest BCUT2D eigenvalue weighted by Gasteiger charge is 2.53. The number of carbonyl (C=O) groups excluding carboxylic acids is 2. The number of alkyl halides is 2. The third kappa shape index (κ3) is 5.03. The molecule has 0 bridgehead atoms. The van der Waals surface area contributed by atoms with Gasteiger partial charge in [0.25, 0.3) is 12.3 Å². The van der Waals surface area contributed by atoms with E-state index in [4.69, 9.17) is 11.6 Å². The van der Waals surface area contributed by atoms with Crippen molar-refractivity contribution in [3.63, 3.8) is 0 Å². The fourth-order valence-corrected chi connectivity index (χ4v) is 5.30. The summed E-state index contributed by atoms with van der Waals surface area (Å²) in [4.78, 5) is 40.0. The predicted octanol–water partition coefficient (Wildman–Crippen LogP) is 5.37. The monoisotopic (exact) mass is 581 g/mol. The maximum atomic E-state index is 14.8. The van der Waals surface area contributed by atoms with Crippen LogP contribution in [-0.4, -0.2) is 43.1 Å². The number of anilines is 2. The lowest BCUT2D eigenvalue weighted by atomic mass is 10.0. The zero-order valence-electron chi connectivity index (χ0n) is 21.9. The molecule has 0 radical (unpaired) electrons. The van der Waals surface area contributed by atoms with Gasteiger partial charge in [0, 0.05) is 36.0 Å². The van der Waals surface area contributed by atoms with Gasteiger partial charge in [-0.25, -0.2) is 23.1 Å². The molecule has 2 atom stereocenters. The number of carbonyl (C=O) groups is 2. The molecule has 1 N–H and O–H groups in total. The summed E-state index contributed by atoms with van der Waals surface area (Å²) in [7, 11) is 0. The molecule has 2 aliphatic rings. The van der Waals surface area contributed by atoms with Crippen LogP contribution < -0.4 is 10.2 Å². The number of benzene rings is 1. The van der Waals surface area contributed by atoms with Gasteiger partial charge in [0.1, 0.15) is 11.5 Å². The highest BCUT2D eigenvalue weighted by molar-refractivity contribution is 6.31. The van der Waals surface area contributed by atoms with Crippen LogP contribution >= 0.6 is 11.6 Å². The average molecular weight is 582 g/mol. The van der Waals surface area contributed by atoms with Gasteiger partial charge in [-0.1, -0.05) is 17.7 Å². The number of fused-ring (bicyclic) bond motifs is 1. The van der Waals surface area contributed by atoms with Crippen molar-refractivity contribution in [2.24, 2.45) is 11.8 Å². The molecular formula is C28H23ClF3N7O2. The van der Waals surface area contributed by atoms with Gasteiger partial charge >= 0.3 is 0 Å². The molecular weight excluding hydrogens is 559 g/mol. The number of amides is 2. The van der Waals surface area contributed by atoms with E-state index in [2.05, 4.69) is 25.4 Å². The van der Waals surface area contributed by atoms with Crippen LogP contribution in [0.3, 0.4) is 0 Å². The van der Waals surface area contributed by atoms with Gasteiger partial charge in [0.05, 0.1) is 41.0 Å². The second kappa shape index (κ2) is 10.3. The minimum atomic E-state index is -2.99. The molecule has 0 unspecified atom stereocenters. The van der Waals surface area contributed by atoms with Crippen molar-refractivity contribution in [2.75, 3.05) is 16.8 Å². The van der Waals surface area contributed by atoms with E-state index in [1.54, 1.807) is 22.0 Å². The summed E-state index contributed by atoms with van der Waals surface area (Å²) >= 11 is 5.82. The van der Waals surface area contributed by atoms with Gasteiger partial charge in [-0.2, -0.15) is 5.10 Å². The molecule has 2 amide bonds. The number of nitrogens with one attached hydrogen (secondary N) is 1. The van der Waals surface area contributed by atoms with Crippen molar-refractivity contribution in [3.05, 3.63) is 81.9 Å². The van der Waals surface area contributed by atoms with Crippen molar-refractivity contribution in [1.29, 1.82) is 0 Å². The first-order chi connectivity index (χ1) is 19.6. The van der Waals surface area contributed by atoms with E-state index in [0.717, 1.165) is 35.9 Å². The van der Waals surface area contributed by atoms with Crippen LogP contribution in [0.1, 0.15) is 45.7 Å². The first-order valence-electron chi connectivity index (χ1n) is 12.8. The van der Waals surface area contributed by atoms with Gasteiger partial charge in [-0.3, -0.25) is 24.2 Å². The van der Waals surface area contributed by atoms with Gasteiger partial charge in [0.2, 0.25) is 5.91 Å². The number of hydrogen-bond acceptors (Lipinski definition) is 6. The molecule has 1 saturated heterocycles. The number of piperidine rings is 1. The Morgan fingerprint density at radius 3 is 2.71 bits per heavy atom. The van der Waals surface area contributed by atoms with Gasteiger partial charge in [0.15, 0.2) is 5.82 Å².